The molecular weight excluding hydrogens is 318 g/mol. The summed E-state index contributed by atoms with van der Waals surface area (Å²) in [7, 11) is 0. The second kappa shape index (κ2) is 7.82. The van der Waals surface area contributed by atoms with Crippen LogP contribution >= 0.6 is 15.9 Å². The molecule has 0 amide bonds. The summed E-state index contributed by atoms with van der Waals surface area (Å²) in [5, 5.41) is 2.05. The summed E-state index contributed by atoms with van der Waals surface area (Å²) >= 11 is 3.36. The highest BCUT2D eigenvalue weighted by atomic mass is 79.9. The van der Waals surface area contributed by atoms with Crippen molar-refractivity contribution in [1.29, 1.82) is 0 Å². The van der Waals surface area contributed by atoms with Crippen molar-refractivity contribution in [3.05, 3.63) is 66.2 Å². The predicted octanol–water partition coefficient (Wildman–Crippen LogP) is 2.56. The van der Waals surface area contributed by atoms with Crippen LogP contribution in [0.15, 0.2) is 60.7 Å². The highest BCUT2D eigenvalue weighted by Crippen LogP contribution is 2.23. The second-order valence-corrected chi connectivity index (χ2v) is 5.26. The van der Waals surface area contributed by atoms with E-state index in [1.165, 1.54) is 0 Å². The number of hydrogen-bond acceptors (Lipinski definition) is 2. The molecule has 0 saturated heterocycles. The van der Waals surface area contributed by atoms with Crippen molar-refractivity contribution < 1.29 is 14.8 Å². The van der Waals surface area contributed by atoms with Crippen LogP contribution in [-0.4, -0.2) is 19.1 Å². The molecule has 0 saturated carbocycles. The maximum atomic E-state index is 11.9. The molecule has 0 bridgehead atoms. The van der Waals surface area contributed by atoms with Crippen LogP contribution in [0, 0.1) is 0 Å². The minimum atomic E-state index is -0.402. The first-order valence-corrected chi connectivity index (χ1v) is 7.43. The number of esters is 1. The third kappa shape index (κ3) is 4.47. The lowest BCUT2D eigenvalue weighted by Gasteiger charge is -2.09. The molecule has 0 aliphatic rings. The third-order valence-electron chi connectivity index (χ3n) is 2.84. The molecule has 2 rings (SSSR count). The molecule has 0 heterocycles. The van der Waals surface area contributed by atoms with Crippen molar-refractivity contribution >= 4 is 27.6 Å². The van der Waals surface area contributed by atoms with E-state index in [9.17, 15) is 4.79 Å². The largest absolute Gasteiger partial charge is 0.459 e. The van der Waals surface area contributed by atoms with Gasteiger partial charge in [0.05, 0.1) is 0 Å². The van der Waals surface area contributed by atoms with Crippen LogP contribution in [-0.2, 0) is 9.53 Å². The van der Waals surface area contributed by atoms with Gasteiger partial charge in [0, 0.05) is 0 Å². The van der Waals surface area contributed by atoms with Gasteiger partial charge >= 0.3 is 5.97 Å². The summed E-state index contributed by atoms with van der Waals surface area (Å²) in [5.41, 5.74) is 2.05. The van der Waals surface area contributed by atoms with E-state index in [1.807, 2.05) is 60.7 Å². The van der Waals surface area contributed by atoms with Crippen molar-refractivity contribution in [3.63, 3.8) is 0 Å². The van der Waals surface area contributed by atoms with E-state index in [4.69, 9.17) is 4.74 Å². The van der Waals surface area contributed by atoms with Gasteiger partial charge in [0.2, 0.25) is 0 Å². The van der Waals surface area contributed by atoms with Crippen LogP contribution in [0.25, 0.3) is 0 Å². The summed E-state index contributed by atoms with van der Waals surface area (Å²) in [6, 6.07) is 19.5. The van der Waals surface area contributed by atoms with Crippen LogP contribution in [0.2, 0.25) is 0 Å². The maximum Gasteiger partial charge on any atom is 0.324 e. The Morgan fingerprint density at radius 1 is 1.05 bits per heavy atom. The zero-order valence-corrected chi connectivity index (χ0v) is 12.6. The number of carbonyl (C=O) groups is 1. The highest BCUT2D eigenvalue weighted by Gasteiger charge is 2.18. The minimum absolute atomic E-state index is 0.252. The van der Waals surface area contributed by atoms with Gasteiger partial charge in [0.25, 0.3) is 0 Å². The van der Waals surface area contributed by atoms with Crippen LogP contribution < -0.4 is 5.32 Å². The normalized spacial score (nSPS) is 11.8. The lowest BCUT2D eigenvalue weighted by atomic mass is 10.1. The molecule has 0 spiro atoms. The van der Waals surface area contributed by atoms with Gasteiger partial charge < -0.3 is 10.1 Å². The zero-order valence-electron chi connectivity index (χ0n) is 11.0. The quantitative estimate of drug-likeness (QED) is 0.382. The molecule has 2 aromatic carbocycles. The lowest BCUT2D eigenvalue weighted by molar-refractivity contribution is -0.573. The smallest absolute Gasteiger partial charge is 0.324 e. The Morgan fingerprint density at radius 2 is 1.65 bits per heavy atom. The Hall–Kier alpha value is -1.65. The van der Waals surface area contributed by atoms with Crippen LogP contribution in [0.3, 0.4) is 0 Å². The van der Waals surface area contributed by atoms with E-state index >= 15 is 0 Å². The first kappa shape index (κ1) is 14.8. The van der Waals surface area contributed by atoms with Crippen molar-refractivity contribution in [3.8, 4) is 0 Å². The summed E-state index contributed by atoms with van der Waals surface area (Å²) in [6.07, 6.45) is 0. The van der Waals surface area contributed by atoms with Gasteiger partial charge in [0.1, 0.15) is 23.7 Å². The molecule has 4 heteroatoms. The summed E-state index contributed by atoms with van der Waals surface area (Å²) < 4.78 is 5.26. The number of benzene rings is 2. The number of halogens is 1. The van der Waals surface area contributed by atoms with E-state index < -0.39 is 4.83 Å². The minimum Gasteiger partial charge on any atom is -0.459 e. The molecule has 2 aromatic rings. The van der Waals surface area contributed by atoms with Crippen molar-refractivity contribution in [2.24, 2.45) is 0 Å². The van der Waals surface area contributed by atoms with Gasteiger partial charge in [-0.15, -0.1) is 0 Å². The van der Waals surface area contributed by atoms with Gasteiger partial charge in [-0.1, -0.05) is 64.5 Å². The van der Waals surface area contributed by atoms with Gasteiger partial charge in [-0.2, -0.15) is 0 Å². The third-order valence-corrected chi connectivity index (χ3v) is 3.74. The van der Waals surface area contributed by atoms with E-state index in [0.717, 1.165) is 11.3 Å². The van der Waals surface area contributed by atoms with Gasteiger partial charge in [-0.05, 0) is 17.7 Å². The average molecular weight is 335 g/mol. The Kier molecular flexibility index (Phi) is 5.77. The number of alkyl halides is 1. The number of hydrogen-bond donors (Lipinski definition) is 1. The fourth-order valence-electron chi connectivity index (χ4n) is 1.81. The van der Waals surface area contributed by atoms with E-state index in [1.54, 1.807) is 0 Å². The molecule has 0 radical (unpaired) electrons. The predicted molar refractivity (Wildman–Crippen MR) is 82.0 cm³/mol. The van der Waals surface area contributed by atoms with Gasteiger partial charge in [-0.25, -0.2) is 0 Å². The number of carbonyl (C=O) groups excluding carboxylic acids is 1. The van der Waals surface area contributed by atoms with Crippen LogP contribution in [0.4, 0.5) is 5.69 Å². The fraction of sp³-hybridized carbons (Fsp3) is 0.188. The average Bonchev–Trinajstić information content (AvgIpc) is 2.52. The van der Waals surface area contributed by atoms with Gasteiger partial charge in [0.15, 0.2) is 0 Å². The molecule has 0 aliphatic carbocycles. The number of ether oxygens (including phenoxy) is 1. The van der Waals surface area contributed by atoms with Crippen molar-refractivity contribution in [2.75, 3.05) is 13.2 Å². The molecule has 1 atom stereocenters. The molecule has 104 valence electrons. The molecule has 20 heavy (non-hydrogen) atoms. The Morgan fingerprint density at radius 3 is 2.30 bits per heavy atom. The molecule has 0 fully saturated rings. The van der Waals surface area contributed by atoms with E-state index in [-0.39, 0.29) is 5.97 Å². The molecular formula is C16H17BrNO2+. The van der Waals surface area contributed by atoms with E-state index in [2.05, 4.69) is 21.2 Å². The fourth-order valence-corrected chi connectivity index (χ4v) is 2.24. The standard InChI is InChI=1S/C16H16BrNO2/c17-15(13-7-3-1-4-8-13)16(19)20-12-11-18-14-9-5-2-6-10-14/h1-10,15,18H,11-12H2/p+1. The summed E-state index contributed by atoms with van der Waals surface area (Å²) in [6.45, 7) is 1.10. The summed E-state index contributed by atoms with van der Waals surface area (Å²) in [5.74, 6) is -0.252. The second-order valence-electron chi connectivity index (χ2n) is 4.34. The highest BCUT2D eigenvalue weighted by molar-refractivity contribution is 9.09. The Balaban J connectivity index is 1.73. The SMILES string of the molecule is O=C(OCC[NH2+]c1ccccc1)C(Br)c1ccccc1. The van der Waals surface area contributed by atoms with E-state index in [0.29, 0.717) is 13.2 Å². The molecule has 1 unspecified atom stereocenters. The van der Waals surface area contributed by atoms with Crippen molar-refractivity contribution in [2.45, 2.75) is 4.83 Å². The number of nitrogens with two attached hydrogens (primary N) is 1. The molecule has 0 aliphatic heterocycles. The zero-order chi connectivity index (χ0) is 14.2. The molecule has 3 nitrogen and oxygen atoms in total. The van der Waals surface area contributed by atoms with Crippen LogP contribution in [0.1, 0.15) is 10.4 Å². The summed E-state index contributed by atoms with van der Waals surface area (Å²) in [4.78, 5) is 11.5. The lowest BCUT2D eigenvalue weighted by Crippen LogP contribution is -2.79. The monoisotopic (exact) mass is 334 g/mol. The first-order chi connectivity index (χ1) is 9.77. The number of rotatable bonds is 6. The van der Waals surface area contributed by atoms with Crippen molar-refractivity contribution in [1.82, 2.24) is 0 Å². The molecule has 2 N–H and O–H groups in total. The first-order valence-electron chi connectivity index (χ1n) is 6.51. The number of para-hydroxylation sites is 1. The Bertz CT molecular complexity index is 531. The molecule has 0 aromatic heterocycles. The van der Waals surface area contributed by atoms with Crippen LogP contribution in [0.5, 0.6) is 0 Å². The Labute approximate surface area is 127 Å². The number of quaternary nitrogens is 1. The maximum absolute atomic E-state index is 11.9. The topological polar surface area (TPSA) is 42.9 Å². The van der Waals surface area contributed by atoms with Gasteiger partial charge in [-0.3, -0.25) is 4.79 Å².